The molecule has 2 aromatic carbocycles. The van der Waals surface area contributed by atoms with Crippen LogP contribution in [0.25, 0.3) is 0 Å². The minimum Gasteiger partial charge on any atom is -0.268 e. The molecule has 0 atom stereocenters. The Balaban J connectivity index is 2.11. The Labute approximate surface area is 115 Å². The average molecular weight is 272 g/mol. The van der Waals surface area contributed by atoms with Gasteiger partial charge in [0.05, 0.1) is 16.8 Å². The number of carbonyl (C=O) groups excluding carboxylic acids is 2. The second kappa shape index (κ2) is 4.21. The predicted octanol–water partition coefficient (Wildman–Crippen LogP) is 3.45. The monoisotopic (exact) mass is 271 g/mol. The zero-order valence-electron chi connectivity index (χ0n) is 10.2. The van der Waals surface area contributed by atoms with Crippen molar-refractivity contribution in [3.05, 3.63) is 64.2 Å². The number of imide groups is 1. The van der Waals surface area contributed by atoms with Gasteiger partial charge < -0.3 is 0 Å². The van der Waals surface area contributed by atoms with Crippen LogP contribution in [0, 0.1) is 6.92 Å². The molecule has 1 aliphatic rings. The zero-order valence-corrected chi connectivity index (χ0v) is 10.9. The number of nitrogens with zero attached hydrogens (tertiary/aromatic N) is 1. The van der Waals surface area contributed by atoms with E-state index >= 15 is 0 Å². The first-order chi connectivity index (χ1) is 9.09. The van der Waals surface area contributed by atoms with Crippen molar-refractivity contribution in [3.8, 4) is 0 Å². The molecule has 2 amide bonds. The first kappa shape index (κ1) is 11.9. The van der Waals surface area contributed by atoms with E-state index in [-0.39, 0.29) is 11.8 Å². The molecule has 0 spiro atoms. The average Bonchev–Trinajstić information content (AvgIpc) is 2.66. The molecule has 4 heteroatoms. The van der Waals surface area contributed by atoms with Gasteiger partial charge in [0.1, 0.15) is 0 Å². The van der Waals surface area contributed by atoms with E-state index < -0.39 is 0 Å². The highest BCUT2D eigenvalue weighted by Crippen LogP contribution is 2.30. The number of rotatable bonds is 1. The van der Waals surface area contributed by atoms with E-state index in [0.29, 0.717) is 21.8 Å². The lowest BCUT2D eigenvalue weighted by molar-refractivity contribution is 0.0926. The van der Waals surface area contributed by atoms with Gasteiger partial charge >= 0.3 is 0 Å². The molecular weight excluding hydrogens is 262 g/mol. The molecule has 3 rings (SSSR count). The number of halogens is 1. The van der Waals surface area contributed by atoms with Gasteiger partial charge in [-0.1, -0.05) is 23.7 Å². The van der Waals surface area contributed by atoms with E-state index in [4.69, 9.17) is 11.6 Å². The van der Waals surface area contributed by atoms with Crippen molar-refractivity contribution in [2.24, 2.45) is 0 Å². The Hall–Kier alpha value is -2.13. The molecule has 1 aliphatic heterocycles. The fraction of sp³-hybridized carbons (Fsp3) is 0.0667. The Morgan fingerprint density at radius 3 is 2.05 bits per heavy atom. The largest absolute Gasteiger partial charge is 0.268 e. The number of carbonyl (C=O) groups is 2. The van der Waals surface area contributed by atoms with Crippen molar-refractivity contribution in [1.82, 2.24) is 0 Å². The predicted molar refractivity (Wildman–Crippen MR) is 73.8 cm³/mol. The normalized spacial score (nSPS) is 13.9. The Morgan fingerprint density at radius 1 is 0.947 bits per heavy atom. The number of hydrogen-bond donors (Lipinski definition) is 0. The molecule has 0 bridgehead atoms. The van der Waals surface area contributed by atoms with Crippen LogP contribution in [-0.2, 0) is 0 Å². The summed E-state index contributed by atoms with van der Waals surface area (Å²) < 4.78 is 0. The van der Waals surface area contributed by atoms with Crippen molar-refractivity contribution in [2.45, 2.75) is 6.92 Å². The summed E-state index contributed by atoms with van der Waals surface area (Å²) in [5, 5.41) is 0.611. The van der Waals surface area contributed by atoms with Gasteiger partial charge in [0.2, 0.25) is 0 Å². The lowest BCUT2D eigenvalue weighted by Gasteiger charge is -2.14. The molecule has 2 aromatic rings. The van der Waals surface area contributed by atoms with Gasteiger partial charge in [-0.05, 0) is 42.8 Å². The van der Waals surface area contributed by atoms with Crippen molar-refractivity contribution < 1.29 is 9.59 Å². The summed E-state index contributed by atoms with van der Waals surface area (Å²) in [5.74, 6) is -0.579. The van der Waals surface area contributed by atoms with Crippen LogP contribution >= 0.6 is 11.6 Å². The van der Waals surface area contributed by atoms with Gasteiger partial charge in [0.25, 0.3) is 11.8 Å². The molecule has 0 N–H and O–H groups in total. The molecule has 0 aliphatic carbocycles. The number of aryl methyl sites for hydroxylation is 1. The Bertz CT molecular complexity index is 674. The minimum absolute atomic E-state index is 0.290. The number of anilines is 1. The van der Waals surface area contributed by atoms with Gasteiger partial charge in [0.15, 0.2) is 0 Å². The number of benzene rings is 2. The first-order valence-corrected chi connectivity index (χ1v) is 6.21. The number of fused-ring (bicyclic) bond motifs is 1. The molecule has 94 valence electrons. The molecule has 0 unspecified atom stereocenters. The molecule has 0 fully saturated rings. The summed E-state index contributed by atoms with van der Waals surface area (Å²) in [6, 6.07) is 11.9. The lowest BCUT2D eigenvalue weighted by Crippen LogP contribution is -2.29. The summed E-state index contributed by atoms with van der Waals surface area (Å²) >= 11 is 5.96. The van der Waals surface area contributed by atoms with Crippen LogP contribution < -0.4 is 4.90 Å². The van der Waals surface area contributed by atoms with E-state index in [9.17, 15) is 9.59 Å². The molecule has 0 saturated heterocycles. The molecular formula is C15H10ClNO2. The van der Waals surface area contributed by atoms with Crippen LogP contribution in [0.4, 0.5) is 5.69 Å². The van der Waals surface area contributed by atoms with E-state index in [0.717, 1.165) is 5.56 Å². The van der Waals surface area contributed by atoms with Crippen LogP contribution in [0.1, 0.15) is 26.3 Å². The molecule has 0 saturated carbocycles. The fourth-order valence-electron chi connectivity index (χ4n) is 2.19. The van der Waals surface area contributed by atoms with Crippen LogP contribution in [0.15, 0.2) is 42.5 Å². The summed E-state index contributed by atoms with van der Waals surface area (Å²) in [4.78, 5) is 25.7. The Morgan fingerprint density at radius 2 is 1.53 bits per heavy atom. The minimum atomic E-state index is -0.290. The summed E-state index contributed by atoms with van der Waals surface area (Å²) in [6.07, 6.45) is 0. The summed E-state index contributed by atoms with van der Waals surface area (Å²) in [6.45, 7) is 1.84. The zero-order chi connectivity index (χ0) is 13.6. The molecule has 0 radical (unpaired) electrons. The van der Waals surface area contributed by atoms with Crippen LogP contribution in [0.5, 0.6) is 0 Å². The smallest absolute Gasteiger partial charge is 0.266 e. The van der Waals surface area contributed by atoms with Crippen molar-refractivity contribution in [3.63, 3.8) is 0 Å². The molecule has 19 heavy (non-hydrogen) atoms. The van der Waals surface area contributed by atoms with Crippen LogP contribution in [-0.4, -0.2) is 11.8 Å². The quantitative estimate of drug-likeness (QED) is 0.745. The second-order valence-electron chi connectivity index (χ2n) is 4.42. The first-order valence-electron chi connectivity index (χ1n) is 5.83. The van der Waals surface area contributed by atoms with Gasteiger partial charge in [0, 0.05) is 5.02 Å². The van der Waals surface area contributed by atoms with Crippen molar-refractivity contribution in [1.29, 1.82) is 0 Å². The standard InChI is InChI=1S/C15H10ClNO2/c1-9-8-10(6-7-13(9)16)17-14(18)11-4-2-3-5-12(11)15(17)19/h2-8H,1H3. The van der Waals surface area contributed by atoms with Crippen LogP contribution in [0.2, 0.25) is 5.02 Å². The van der Waals surface area contributed by atoms with Gasteiger partial charge in [-0.2, -0.15) is 0 Å². The lowest BCUT2D eigenvalue weighted by atomic mass is 10.1. The highest BCUT2D eigenvalue weighted by Gasteiger charge is 2.36. The summed E-state index contributed by atoms with van der Waals surface area (Å²) in [5.41, 5.74) is 2.27. The molecule has 1 heterocycles. The van der Waals surface area contributed by atoms with E-state index in [1.807, 2.05) is 6.92 Å². The van der Waals surface area contributed by atoms with E-state index in [1.165, 1.54) is 4.90 Å². The Kier molecular flexibility index (Phi) is 2.64. The van der Waals surface area contributed by atoms with Gasteiger partial charge in [-0.3, -0.25) is 9.59 Å². The SMILES string of the molecule is Cc1cc(N2C(=O)c3ccccc3C2=O)ccc1Cl. The maximum absolute atomic E-state index is 12.3. The van der Waals surface area contributed by atoms with Crippen molar-refractivity contribution in [2.75, 3.05) is 4.90 Å². The maximum atomic E-state index is 12.3. The highest BCUT2D eigenvalue weighted by atomic mass is 35.5. The molecule has 0 aromatic heterocycles. The van der Waals surface area contributed by atoms with E-state index in [1.54, 1.807) is 42.5 Å². The second-order valence-corrected chi connectivity index (χ2v) is 4.83. The number of amides is 2. The topological polar surface area (TPSA) is 37.4 Å². The number of hydrogen-bond acceptors (Lipinski definition) is 2. The van der Waals surface area contributed by atoms with Crippen molar-refractivity contribution >= 4 is 29.1 Å². The van der Waals surface area contributed by atoms with Gasteiger partial charge in [-0.25, -0.2) is 4.90 Å². The third-order valence-corrected chi connectivity index (χ3v) is 3.62. The molecule has 3 nitrogen and oxygen atoms in total. The van der Waals surface area contributed by atoms with Crippen LogP contribution in [0.3, 0.4) is 0 Å². The summed E-state index contributed by atoms with van der Waals surface area (Å²) in [7, 11) is 0. The van der Waals surface area contributed by atoms with Gasteiger partial charge in [-0.15, -0.1) is 0 Å². The fourth-order valence-corrected chi connectivity index (χ4v) is 2.31. The van der Waals surface area contributed by atoms with E-state index in [2.05, 4.69) is 0 Å². The highest BCUT2D eigenvalue weighted by molar-refractivity contribution is 6.35. The third kappa shape index (κ3) is 1.74. The third-order valence-electron chi connectivity index (χ3n) is 3.19. The maximum Gasteiger partial charge on any atom is 0.266 e.